The molecule has 1 heterocycles. The Bertz CT molecular complexity index is 978. The quantitative estimate of drug-likeness (QED) is 0.197. The first-order valence-corrected chi connectivity index (χ1v) is 11.3. The molecule has 0 atom stereocenters. The third-order valence-electron chi connectivity index (χ3n) is 4.48. The number of nitrogens with zero attached hydrogens (tertiary/aromatic N) is 5. The maximum absolute atomic E-state index is 11.2. The van der Waals surface area contributed by atoms with Crippen LogP contribution in [-0.2, 0) is 9.47 Å². The Hall–Kier alpha value is -2.96. The lowest BCUT2D eigenvalue weighted by atomic mass is 10.1. The predicted octanol–water partition coefficient (Wildman–Crippen LogP) is 5.94. The average Bonchev–Trinajstić information content (AvgIpc) is 3.16. The van der Waals surface area contributed by atoms with Gasteiger partial charge in [-0.2, -0.15) is 0 Å². The normalized spacial score (nSPS) is 11.6. The van der Waals surface area contributed by atoms with E-state index in [4.69, 9.17) is 9.47 Å². The molecule has 12 heteroatoms. The van der Waals surface area contributed by atoms with E-state index in [1.54, 1.807) is 6.07 Å². The van der Waals surface area contributed by atoms with Gasteiger partial charge in [0.15, 0.2) is 0 Å². The van der Waals surface area contributed by atoms with Crippen molar-refractivity contribution in [3.63, 3.8) is 0 Å². The SMILES string of the molecule is Cc1cc(N(CCOC(C)C)CCOC(C)C)ccc1N=Nc1sc([N+](=O)[O-])cc1[N+](=O)[O-]. The summed E-state index contributed by atoms with van der Waals surface area (Å²) < 4.78 is 11.4. The lowest BCUT2D eigenvalue weighted by molar-refractivity contribution is -0.389. The minimum Gasteiger partial charge on any atom is -0.377 e. The van der Waals surface area contributed by atoms with Crippen molar-refractivity contribution in [3.8, 4) is 0 Å². The number of anilines is 1. The van der Waals surface area contributed by atoms with Gasteiger partial charge < -0.3 is 14.4 Å². The van der Waals surface area contributed by atoms with Gasteiger partial charge >= 0.3 is 10.7 Å². The van der Waals surface area contributed by atoms with Crippen molar-refractivity contribution in [2.75, 3.05) is 31.2 Å². The second-order valence-electron chi connectivity index (χ2n) is 7.79. The maximum Gasteiger partial charge on any atom is 0.333 e. The minimum atomic E-state index is -0.704. The number of azo groups is 1. The summed E-state index contributed by atoms with van der Waals surface area (Å²) in [6, 6.07) is 6.49. The van der Waals surface area contributed by atoms with E-state index >= 15 is 0 Å². The number of nitro groups is 2. The summed E-state index contributed by atoms with van der Waals surface area (Å²) in [5, 5.41) is 29.7. The maximum atomic E-state index is 11.2. The van der Waals surface area contributed by atoms with Gasteiger partial charge in [0.2, 0.25) is 5.00 Å². The van der Waals surface area contributed by atoms with Gasteiger partial charge in [-0.3, -0.25) is 20.2 Å². The van der Waals surface area contributed by atoms with Gasteiger partial charge in [-0.15, -0.1) is 10.2 Å². The van der Waals surface area contributed by atoms with Gasteiger partial charge in [0.05, 0.1) is 41.0 Å². The van der Waals surface area contributed by atoms with Gasteiger partial charge in [0.1, 0.15) is 6.07 Å². The van der Waals surface area contributed by atoms with Gasteiger partial charge in [0, 0.05) is 18.8 Å². The van der Waals surface area contributed by atoms with Crippen molar-refractivity contribution in [2.45, 2.75) is 46.8 Å². The zero-order valence-electron chi connectivity index (χ0n) is 19.4. The summed E-state index contributed by atoms with van der Waals surface area (Å²) in [6.45, 7) is 12.3. The fourth-order valence-electron chi connectivity index (χ4n) is 2.87. The Labute approximate surface area is 196 Å². The highest BCUT2D eigenvalue weighted by Crippen LogP contribution is 2.42. The summed E-state index contributed by atoms with van der Waals surface area (Å²) in [7, 11) is 0. The molecule has 0 aliphatic carbocycles. The van der Waals surface area contributed by atoms with Crippen molar-refractivity contribution in [2.24, 2.45) is 10.2 Å². The van der Waals surface area contributed by atoms with E-state index in [0.717, 1.165) is 17.3 Å². The van der Waals surface area contributed by atoms with E-state index in [1.807, 2.05) is 46.8 Å². The Morgan fingerprint density at radius 3 is 2.06 bits per heavy atom. The molecule has 1 aromatic carbocycles. The van der Waals surface area contributed by atoms with Crippen molar-refractivity contribution in [3.05, 3.63) is 50.1 Å². The largest absolute Gasteiger partial charge is 0.377 e. The molecular formula is C21H29N5O6S. The van der Waals surface area contributed by atoms with Crippen LogP contribution in [0.5, 0.6) is 0 Å². The topological polar surface area (TPSA) is 133 Å². The van der Waals surface area contributed by atoms with E-state index < -0.39 is 15.5 Å². The van der Waals surface area contributed by atoms with Gasteiger partial charge in [-0.05, 0) is 69.7 Å². The van der Waals surface area contributed by atoms with Crippen LogP contribution in [0.1, 0.15) is 33.3 Å². The number of thiophene rings is 1. The van der Waals surface area contributed by atoms with Crippen LogP contribution < -0.4 is 4.90 Å². The molecule has 0 saturated carbocycles. The van der Waals surface area contributed by atoms with Gasteiger partial charge in [0.25, 0.3) is 0 Å². The molecule has 0 saturated heterocycles. The molecule has 0 aliphatic heterocycles. The Balaban J connectivity index is 2.21. The summed E-state index contributed by atoms with van der Waals surface area (Å²) in [5.74, 6) is 0. The molecule has 0 amide bonds. The second-order valence-corrected chi connectivity index (χ2v) is 8.80. The monoisotopic (exact) mass is 479 g/mol. The highest BCUT2D eigenvalue weighted by molar-refractivity contribution is 7.19. The third-order valence-corrected chi connectivity index (χ3v) is 5.44. The second kappa shape index (κ2) is 12.3. The summed E-state index contributed by atoms with van der Waals surface area (Å²) in [4.78, 5) is 22.9. The molecule has 2 aromatic rings. The van der Waals surface area contributed by atoms with E-state index in [9.17, 15) is 20.2 Å². The van der Waals surface area contributed by atoms with Crippen LogP contribution in [0.2, 0.25) is 0 Å². The molecule has 0 bridgehead atoms. The van der Waals surface area contributed by atoms with E-state index in [1.165, 1.54) is 0 Å². The first-order chi connectivity index (χ1) is 15.6. The standard InChI is InChI=1S/C21H29N5O6S/c1-14(2)31-10-8-24(9-11-32-15(3)4)17-6-7-18(16(5)12-17)22-23-21-19(25(27)28)13-20(33-21)26(29)30/h6-7,12-15H,8-11H2,1-5H3. The molecule has 2 rings (SSSR count). The number of ether oxygens (including phenoxy) is 2. The van der Waals surface area contributed by atoms with Gasteiger partial charge in [-0.1, -0.05) is 0 Å². The number of hydrogen-bond acceptors (Lipinski definition) is 10. The van der Waals surface area contributed by atoms with Gasteiger partial charge in [-0.25, -0.2) is 0 Å². The zero-order valence-corrected chi connectivity index (χ0v) is 20.2. The molecule has 0 fully saturated rings. The molecule has 0 unspecified atom stereocenters. The Kier molecular flexibility index (Phi) is 9.82. The van der Waals surface area contributed by atoms with Crippen molar-refractivity contribution in [1.82, 2.24) is 0 Å². The highest BCUT2D eigenvalue weighted by Gasteiger charge is 2.25. The first kappa shape index (κ1) is 26.3. The van der Waals surface area contributed by atoms with Crippen molar-refractivity contribution < 1.29 is 19.3 Å². The Morgan fingerprint density at radius 2 is 1.58 bits per heavy atom. The van der Waals surface area contributed by atoms with Crippen LogP contribution in [-0.4, -0.2) is 48.4 Å². The zero-order chi connectivity index (χ0) is 24.5. The number of rotatable bonds is 13. The van der Waals surface area contributed by atoms with Crippen LogP contribution in [0.4, 0.5) is 27.1 Å². The van der Waals surface area contributed by atoms with E-state index in [-0.39, 0.29) is 22.2 Å². The Morgan fingerprint density at radius 1 is 0.970 bits per heavy atom. The number of aryl methyl sites for hydroxylation is 1. The molecule has 180 valence electrons. The molecule has 0 N–H and O–H groups in total. The molecule has 0 aliphatic rings. The van der Waals surface area contributed by atoms with Crippen LogP contribution in [0.15, 0.2) is 34.5 Å². The molecule has 11 nitrogen and oxygen atoms in total. The molecule has 0 radical (unpaired) electrons. The number of hydrogen-bond donors (Lipinski definition) is 0. The summed E-state index contributed by atoms with van der Waals surface area (Å²) in [6.07, 6.45) is 0.279. The number of benzene rings is 1. The van der Waals surface area contributed by atoms with Crippen LogP contribution in [0.25, 0.3) is 0 Å². The molecule has 0 spiro atoms. The first-order valence-electron chi connectivity index (χ1n) is 10.5. The summed E-state index contributed by atoms with van der Waals surface area (Å²) >= 11 is 0.615. The highest BCUT2D eigenvalue weighted by atomic mass is 32.1. The molecular weight excluding hydrogens is 450 g/mol. The predicted molar refractivity (Wildman–Crippen MR) is 127 cm³/mol. The van der Waals surface area contributed by atoms with E-state index in [0.29, 0.717) is 43.3 Å². The van der Waals surface area contributed by atoms with Crippen molar-refractivity contribution >= 4 is 38.4 Å². The molecule has 1 aromatic heterocycles. The lowest BCUT2D eigenvalue weighted by Crippen LogP contribution is -2.32. The molecule has 33 heavy (non-hydrogen) atoms. The van der Waals surface area contributed by atoms with Crippen LogP contribution >= 0.6 is 11.3 Å². The summed E-state index contributed by atoms with van der Waals surface area (Å²) in [5.41, 5.74) is 1.85. The van der Waals surface area contributed by atoms with Crippen LogP contribution in [0.3, 0.4) is 0 Å². The smallest absolute Gasteiger partial charge is 0.333 e. The fourth-order valence-corrected chi connectivity index (χ4v) is 3.63. The average molecular weight is 480 g/mol. The minimum absolute atomic E-state index is 0.117. The fraction of sp³-hybridized carbons (Fsp3) is 0.524. The van der Waals surface area contributed by atoms with Crippen molar-refractivity contribution in [1.29, 1.82) is 0 Å². The van der Waals surface area contributed by atoms with Crippen LogP contribution in [0, 0.1) is 27.2 Å². The third kappa shape index (κ3) is 8.15. The van der Waals surface area contributed by atoms with E-state index in [2.05, 4.69) is 15.1 Å². The lowest BCUT2D eigenvalue weighted by Gasteiger charge is -2.26.